The van der Waals surface area contributed by atoms with Crippen LogP contribution in [0.3, 0.4) is 0 Å². The summed E-state index contributed by atoms with van der Waals surface area (Å²) in [5, 5.41) is 9.26. The van der Waals surface area contributed by atoms with Gasteiger partial charge in [0.05, 0.1) is 28.1 Å². The zero-order valence-corrected chi connectivity index (χ0v) is 17.5. The molecule has 5 rings (SSSR count). The number of thiophene rings is 1. The molecule has 156 valence electrons. The minimum Gasteiger partial charge on any atom is -0.486 e. The summed E-state index contributed by atoms with van der Waals surface area (Å²) in [6.07, 6.45) is 0.492. The van der Waals surface area contributed by atoms with Crippen LogP contribution in [-0.4, -0.2) is 48.8 Å². The molecule has 0 radical (unpaired) electrons. The predicted octanol–water partition coefficient (Wildman–Crippen LogP) is 2.99. The summed E-state index contributed by atoms with van der Waals surface area (Å²) in [7, 11) is -3.08. The van der Waals surface area contributed by atoms with E-state index in [-0.39, 0.29) is 29.1 Å². The number of ether oxygens (including phenoxy) is 2. The second-order valence-corrected chi connectivity index (χ2v) is 10.4. The van der Waals surface area contributed by atoms with Gasteiger partial charge in [-0.1, -0.05) is 6.07 Å². The molecule has 1 aromatic carbocycles. The molecule has 1 saturated heterocycles. The van der Waals surface area contributed by atoms with Gasteiger partial charge in [0, 0.05) is 11.8 Å². The largest absolute Gasteiger partial charge is 0.486 e. The van der Waals surface area contributed by atoms with Crippen LogP contribution in [0.15, 0.2) is 41.8 Å². The number of rotatable bonds is 4. The number of hydrogen-bond acceptors (Lipinski definition) is 7. The molecule has 0 unspecified atom stereocenters. The van der Waals surface area contributed by atoms with Crippen LogP contribution in [0, 0.1) is 0 Å². The summed E-state index contributed by atoms with van der Waals surface area (Å²) in [4.78, 5) is 13.8. The lowest BCUT2D eigenvalue weighted by Gasteiger charge is -2.18. The molecule has 0 bridgehead atoms. The van der Waals surface area contributed by atoms with Gasteiger partial charge in [-0.2, -0.15) is 5.10 Å². The maximum absolute atomic E-state index is 12.9. The number of nitrogens with one attached hydrogen (secondary N) is 1. The number of amides is 1. The Balaban J connectivity index is 1.44. The van der Waals surface area contributed by atoms with Gasteiger partial charge in [-0.3, -0.25) is 9.48 Å². The van der Waals surface area contributed by atoms with Crippen LogP contribution in [0.5, 0.6) is 11.5 Å². The number of hydrogen-bond donors (Lipinski definition) is 1. The van der Waals surface area contributed by atoms with Crippen molar-refractivity contribution in [3.8, 4) is 22.1 Å². The van der Waals surface area contributed by atoms with E-state index < -0.39 is 9.84 Å². The molecule has 0 aliphatic carbocycles. The van der Waals surface area contributed by atoms with Crippen molar-refractivity contribution in [3.63, 3.8) is 0 Å². The Morgan fingerprint density at radius 1 is 1.17 bits per heavy atom. The number of nitrogens with zero attached hydrogens (tertiary/aromatic N) is 2. The molecule has 2 aliphatic rings. The molecule has 1 N–H and O–H groups in total. The van der Waals surface area contributed by atoms with E-state index in [4.69, 9.17) is 9.47 Å². The average molecular weight is 446 g/mol. The molecule has 0 spiro atoms. The SMILES string of the molecule is O=C(Nc1ccc2c(c1)OCCO2)c1cc(-c2cccs2)n([C@H]2CCS(=O)(=O)C2)n1. The Labute approximate surface area is 177 Å². The minimum atomic E-state index is -3.08. The van der Waals surface area contributed by atoms with Gasteiger partial charge in [0.15, 0.2) is 27.0 Å². The summed E-state index contributed by atoms with van der Waals surface area (Å²) < 4.78 is 36.7. The van der Waals surface area contributed by atoms with Crippen molar-refractivity contribution in [1.82, 2.24) is 9.78 Å². The third kappa shape index (κ3) is 3.68. The zero-order chi connectivity index (χ0) is 20.7. The van der Waals surface area contributed by atoms with E-state index in [1.165, 1.54) is 11.3 Å². The first-order valence-corrected chi connectivity index (χ1v) is 12.2. The molecule has 1 atom stereocenters. The molecule has 2 aromatic heterocycles. The molecule has 4 heterocycles. The molecule has 10 heteroatoms. The normalized spacial score (nSPS) is 19.5. The van der Waals surface area contributed by atoms with E-state index in [9.17, 15) is 13.2 Å². The lowest BCUT2D eigenvalue weighted by Crippen LogP contribution is -2.17. The highest BCUT2D eigenvalue weighted by molar-refractivity contribution is 7.91. The third-order valence-electron chi connectivity index (χ3n) is 5.10. The van der Waals surface area contributed by atoms with Gasteiger partial charge in [0.2, 0.25) is 0 Å². The van der Waals surface area contributed by atoms with Crippen LogP contribution < -0.4 is 14.8 Å². The average Bonchev–Trinajstić information content (AvgIpc) is 3.46. The van der Waals surface area contributed by atoms with E-state index in [1.54, 1.807) is 28.9 Å². The van der Waals surface area contributed by atoms with E-state index in [0.29, 0.717) is 36.8 Å². The van der Waals surface area contributed by atoms with Crippen LogP contribution >= 0.6 is 11.3 Å². The van der Waals surface area contributed by atoms with Gasteiger partial charge in [0.25, 0.3) is 5.91 Å². The number of benzene rings is 1. The second-order valence-electron chi connectivity index (χ2n) is 7.21. The van der Waals surface area contributed by atoms with Crippen molar-refractivity contribution in [3.05, 3.63) is 47.5 Å². The molecule has 0 saturated carbocycles. The quantitative estimate of drug-likeness (QED) is 0.663. The highest BCUT2D eigenvalue weighted by atomic mass is 32.2. The molecule has 8 nitrogen and oxygen atoms in total. The van der Waals surface area contributed by atoms with E-state index in [0.717, 1.165) is 10.6 Å². The fourth-order valence-electron chi connectivity index (χ4n) is 3.68. The number of carbonyl (C=O) groups is 1. The van der Waals surface area contributed by atoms with Crippen molar-refractivity contribution in [2.75, 3.05) is 30.0 Å². The molecule has 1 amide bonds. The molecular weight excluding hydrogens is 426 g/mol. The number of anilines is 1. The summed E-state index contributed by atoms with van der Waals surface area (Å²) in [5.74, 6) is 1.03. The monoisotopic (exact) mass is 445 g/mol. The van der Waals surface area contributed by atoms with E-state index in [1.807, 2.05) is 17.5 Å². The van der Waals surface area contributed by atoms with Gasteiger partial charge >= 0.3 is 0 Å². The van der Waals surface area contributed by atoms with Gasteiger partial charge in [0.1, 0.15) is 13.2 Å². The van der Waals surface area contributed by atoms with Crippen molar-refractivity contribution in [1.29, 1.82) is 0 Å². The van der Waals surface area contributed by atoms with Crippen molar-refractivity contribution in [2.24, 2.45) is 0 Å². The van der Waals surface area contributed by atoms with Gasteiger partial charge in [-0.15, -0.1) is 11.3 Å². The number of sulfone groups is 1. The predicted molar refractivity (Wildman–Crippen MR) is 113 cm³/mol. The van der Waals surface area contributed by atoms with Gasteiger partial charge in [-0.05, 0) is 36.1 Å². The summed E-state index contributed by atoms with van der Waals surface area (Å²) in [6.45, 7) is 0.960. The minimum absolute atomic E-state index is 0.0380. The number of aromatic nitrogens is 2. The fourth-order valence-corrected chi connectivity index (χ4v) is 6.10. The Morgan fingerprint density at radius 3 is 2.73 bits per heavy atom. The van der Waals surface area contributed by atoms with Crippen LogP contribution in [0.2, 0.25) is 0 Å². The summed E-state index contributed by atoms with van der Waals surface area (Å²) in [6, 6.07) is 10.5. The fraction of sp³-hybridized carbons (Fsp3) is 0.300. The highest BCUT2D eigenvalue weighted by Gasteiger charge is 2.32. The van der Waals surface area contributed by atoms with Crippen molar-refractivity contribution >= 4 is 32.8 Å². The smallest absolute Gasteiger partial charge is 0.276 e. The van der Waals surface area contributed by atoms with Crippen LogP contribution in [0.1, 0.15) is 23.0 Å². The lowest BCUT2D eigenvalue weighted by atomic mass is 10.2. The van der Waals surface area contributed by atoms with Gasteiger partial charge in [-0.25, -0.2) is 8.42 Å². The van der Waals surface area contributed by atoms with Crippen LogP contribution in [-0.2, 0) is 9.84 Å². The van der Waals surface area contributed by atoms with Crippen molar-refractivity contribution in [2.45, 2.75) is 12.5 Å². The highest BCUT2D eigenvalue weighted by Crippen LogP contribution is 2.34. The van der Waals surface area contributed by atoms with Crippen LogP contribution in [0.25, 0.3) is 10.6 Å². The van der Waals surface area contributed by atoms with Crippen LogP contribution in [0.4, 0.5) is 5.69 Å². The standard InChI is InChI=1S/C20H19N3O5S2/c24-20(21-13-3-4-17-18(10-13)28-7-6-27-17)15-11-16(19-2-1-8-29-19)23(22-15)14-5-9-30(25,26)12-14/h1-4,8,10-11,14H,5-7,9,12H2,(H,21,24)/t14-/m0/s1. The van der Waals surface area contributed by atoms with E-state index >= 15 is 0 Å². The number of fused-ring (bicyclic) bond motifs is 1. The maximum atomic E-state index is 12.9. The van der Waals surface area contributed by atoms with E-state index in [2.05, 4.69) is 10.4 Å². The Morgan fingerprint density at radius 2 is 2.00 bits per heavy atom. The molecule has 2 aliphatic heterocycles. The topological polar surface area (TPSA) is 99.5 Å². The first kappa shape index (κ1) is 19.1. The first-order chi connectivity index (χ1) is 14.5. The molecule has 30 heavy (non-hydrogen) atoms. The zero-order valence-electron chi connectivity index (χ0n) is 15.9. The van der Waals surface area contributed by atoms with Crippen molar-refractivity contribution < 1.29 is 22.7 Å². The van der Waals surface area contributed by atoms with Gasteiger partial charge < -0.3 is 14.8 Å². The Hall–Kier alpha value is -2.85. The Bertz CT molecular complexity index is 1200. The molecule has 1 fully saturated rings. The summed E-state index contributed by atoms with van der Waals surface area (Å²) in [5.41, 5.74) is 1.55. The summed E-state index contributed by atoms with van der Waals surface area (Å²) >= 11 is 1.52. The Kier molecular flexibility index (Phi) is 4.75. The maximum Gasteiger partial charge on any atom is 0.276 e. The number of carbonyl (C=O) groups excluding carboxylic acids is 1. The second kappa shape index (κ2) is 7.44. The molecular formula is C20H19N3O5S2. The lowest BCUT2D eigenvalue weighted by molar-refractivity contribution is 0.102. The third-order valence-corrected chi connectivity index (χ3v) is 7.74. The molecule has 3 aromatic rings. The first-order valence-electron chi connectivity index (χ1n) is 9.53.